The second-order valence-corrected chi connectivity index (χ2v) is 6.81. The Balaban J connectivity index is 2.18. The Morgan fingerprint density at radius 1 is 1.19 bits per heavy atom. The largest absolute Gasteiger partial charge is 0.478 e. The minimum Gasteiger partial charge on any atom is -0.478 e. The first-order chi connectivity index (χ1) is 12.3. The summed E-state index contributed by atoms with van der Waals surface area (Å²) in [5, 5.41) is 17.2. The standard InChI is InChI=1S/C19H17BrFN3O2/c1-10-5-4-6-14(19(25)26)17(10)22-18-16(20)12(3)23-24(18)15-8-7-13(21)9-11(15)2/h4-9,22H,1-3H3,(H,25,26). The third-order valence-corrected chi connectivity index (χ3v) is 5.07. The van der Waals surface area contributed by atoms with Gasteiger partial charge >= 0.3 is 5.97 Å². The molecule has 2 N–H and O–H groups in total. The van der Waals surface area contributed by atoms with Crippen LogP contribution in [0, 0.1) is 26.6 Å². The predicted octanol–water partition coefficient (Wildman–Crippen LogP) is 5.14. The van der Waals surface area contributed by atoms with Crippen molar-refractivity contribution < 1.29 is 14.3 Å². The van der Waals surface area contributed by atoms with E-state index in [0.29, 0.717) is 27.2 Å². The average Bonchev–Trinajstić information content (AvgIpc) is 2.84. The lowest BCUT2D eigenvalue weighted by Gasteiger charge is -2.16. The molecular weight excluding hydrogens is 401 g/mol. The lowest BCUT2D eigenvalue weighted by molar-refractivity contribution is 0.0698. The number of nitrogens with zero attached hydrogens (tertiary/aromatic N) is 2. The highest BCUT2D eigenvalue weighted by molar-refractivity contribution is 9.10. The van der Waals surface area contributed by atoms with Crippen LogP contribution in [0.5, 0.6) is 0 Å². The molecule has 0 unspecified atom stereocenters. The quantitative estimate of drug-likeness (QED) is 0.616. The van der Waals surface area contributed by atoms with Crippen LogP contribution in [0.2, 0.25) is 0 Å². The Hall–Kier alpha value is -2.67. The van der Waals surface area contributed by atoms with Crippen LogP contribution in [0.3, 0.4) is 0 Å². The Labute approximate surface area is 158 Å². The number of anilines is 2. The summed E-state index contributed by atoms with van der Waals surface area (Å²) in [7, 11) is 0. The van der Waals surface area contributed by atoms with Crippen molar-refractivity contribution in [3.05, 3.63) is 69.1 Å². The van der Waals surface area contributed by atoms with E-state index in [4.69, 9.17) is 0 Å². The van der Waals surface area contributed by atoms with Crippen LogP contribution < -0.4 is 5.32 Å². The van der Waals surface area contributed by atoms with Crippen molar-refractivity contribution in [3.8, 4) is 5.69 Å². The molecule has 7 heteroatoms. The zero-order chi connectivity index (χ0) is 19.0. The van der Waals surface area contributed by atoms with Crippen LogP contribution in [-0.2, 0) is 0 Å². The molecule has 0 aliphatic rings. The number of hydrogen-bond donors (Lipinski definition) is 2. The summed E-state index contributed by atoms with van der Waals surface area (Å²) in [4.78, 5) is 11.6. The zero-order valence-electron chi connectivity index (χ0n) is 14.5. The normalized spacial score (nSPS) is 10.8. The van der Waals surface area contributed by atoms with Gasteiger partial charge in [-0.05, 0) is 72.1 Å². The van der Waals surface area contributed by atoms with Gasteiger partial charge in [-0.25, -0.2) is 13.9 Å². The number of benzene rings is 2. The number of aromatic nitrogens is 2. The van der Waals surface area contributed by atoms with Gasteiger partial charge in [0.15, 0.2) is 0 Å². The van der Waals surface area contributed by atoms with Crippen molar-refractivity contribution in [1.29, 1.82) is 0 Å². The first kappa shape index (κ1) is 18.1. The van der Waals surface area contributed by atoms with E-state index in [9.17, 15) is 14.3 Å². The minimum absolute atomic E-state index is 0.165. The highest BCUT2D eigenvalue weighted by Gasteiger charge is 2.20. The van der Waals surface area contributed by atoms with Gasteiger partial charge in [0.05, 0.1) is 27.1 Å². The molecule has 3 rings (SSSR count). The lowest BCUT2D eigenvalue weighted by atomic mass is 10.1. The maximum absolute atomic E-state index is 13.5. The van der Waals surface area contributed by atoms with Crippen molar-refractivity contribution in [2.45, 2.75) is 20.8 Å². The van der Waals surface area contributed by atoms with Crippen molar-refractivity contribution >= 4 is 33.4 Å². The first-order valence-electron chi connectivity index (χ1n) is 7.91. The molecule has 0 saturated heterocycles. The number of hydrogen-bond acceptors (Lipinski definition) is 3. The first-order valence-corrected chi connectivity index (χ1v) is 8.70. The summed E-state index contributed by atoms with van der Waals surface area (Å²) in [6.45, 7) is 5.46. The Morgan fingerprint density at radius 2 is 1.92 bits per heavy atom. The molecule has 2 aromatic carbocycles. The van der Waals surface area contributed by atoms with Gasteiger partial charge in [0.2, 0.25) is 0 Å². The number of aryl methyl sites for hydroxylation is 3. The summed E-state index contributed by atoms with van der Waals surface area (Å²) in [6, 6.07) is 9.52. The molecule has 1 aromatic heterocycles. The summed E-state index contributed by atoms with van der Waals surface area (Å²) >= 11 is 3.51. The maximum Gasteiger partial charge on any atom is 0.337 e. The predicted molar refractivity (Wildman–Crippen MR) is 102 cm³/mol. The highest BCUT2D eigenvalue weighted by Crippen LogP contribution is 2.34. The number of rotatable bonds is 4. The number of carboxylic acid groups (broad SMARTS) is 1. The van der Waals surface area contributed by atoms with Crippen molar-refractivity contribution in [2.24, 2.45) is 0 Å². The van der Waals surface area contributed by atoms with E-state index < -0.39 is 5.97 Å². The van der Waals surface area contributed by atoms with E-state index in [1.807, 2.05) is 19.9 Å². The monoisotopic (exact) mass is 417 g/mol. The van der Waals surface area contributed by atoms with Gasteiger partial charge in [-0.3, -0.25) is 0 Å². The van der Waals surface area contributed by atoms with Crippen LogP contribution in [0.4, 0.5) is 15.9 Å². The van der Waals surface area contributed by atoms with Crippen molar-refractivity contribution in [3.63, 3.8) is 0 Å². The molecule has 0 aliphatic carbocycles. The fraction of sp³-hybridized carbons (Fsp3) is 0.158. The number of halogens is 2. The van der Waals surface area contributed by atoms with Gasteiger partial charge in [0, 0.05) is 0 Å². The van der Waals surface area contributed by atoms with E-state index in [1.54, 1.807) is 29.8 Å². The van der Waals surface area contributed by atoms with E-state index in [0.717, 1.165) is 11.3 Å². The second kappa shape index (κ2) is 6.92. The smallest absolute Gasteiger partial charge is 0.337 e. The van der Waals surface area contributed by atoms with Gasteiger partial charge in [0.1, 0.15) is 11.6 Å². The molecule has 0 fully saturated rings. The molecule has 0 aliphatic heterocycles. The van der Waals surface area contributed by atoms with Gasteiger partial charge in [-0.15, -0.1) is 0 Å². The molecular formula is C19H17BrFN3O2. The topological polar surface area (TPSA) is 67.2 Å². The third kappa shape index (κ3) is 3.22. The molecule has 0 amide bonds. The van der Waals surface area contributed by atoms with Crippen LogP contribution in [-0.4, -0.2) is 20.9 Å². The number of nitrogens with one attached hydrogen (secondary N) is 1. The van der Waals surface area contributed by atoms with Crippen molar-refractivity contribution in [2.75, 3.05) is 5.32 Å². The summed E-state index contributed by atoms with van der Waals surface area (Å²) < 4.78 is 15.8. The Morgan fingerprint density at radius 3 is 2.58 bits per heavy atom. The third-order valence-electron chi connectivity index (χ3n) is 4.12. The molecule has 26 heavy (non-hydrogen) atoms. The summed E-state index contributed by atoms with van der Waals surface area (Å²) in [6.07, 6.45) is 0. The summed E-state index contributed by atoms with van der Waals surface area (Å²) in [5.74, 6) is -0.766. The zero-order valence-corrected chi connectivity index (χ0v) is 16.1. The molecule has 0 radical (unpaired) electrons. The van der Waals surface area contributed by atoms with E-state index in [-0.39, 0.29) is 11.4 Å². The van der Waals surface area contributed by atoms with Gasteiger partial charge < -0.3 is 10.4 Å². The molecule has 0 bridgehead atoms. The van der Waals surface area contributed by atoms with Crippen LogP contribution >= 0.6 is 15.9 Å². The highest BCUT2D eigenvalue weighted by atomic mass is 79.9. The average molecular weight is 418 g/mol. The minimum atomic E-state index is -1.02. The molecule has 0 spiro atoms. The van der Waals surface area contributed by atoms with E-state index >= 15 is 0 Å². The van der Waals surface area contributed by atoms with Crippen molar-refractivity contribution in [1.82, 2.24) is 9.78 Å². The van der Waals surface area contributed by atoms with Gasteiger partial charge in [0.25, 0.3) is 0 Å². The van der Waals surface area contributed by atoms with Crippen LogP contribution in [0.25, 0.3) is 5.69 Å². The number of carbonyl (C=O) groups is 1. The summed E-state index contributed by atoms with van der Waals surface area (Å²) in [5.41, 5.74) is 3.58. The Kier molecular flexibility index (Phi) is 4.82. The molecule has 1 heterocycles. The van der Waals surface area contributed by atoms with Crippen LogP contribution in [0.15, 0.2) is 40.9 Å². The molecule has 0 atom stereocenters. The lowest BCUT2D eigenvalue weighted by Crippen LogP contribution is -2.09. The molecule has 134 valence electrons. The van der Waals surface area contributed by atoms with E-state index in [2.05, 4.69) is 26.3 Å². The fourth-order valence-electron chi connectivity index (χ4n) is 2.78. The molecule has 0 saturated carbocycles. The molecule has 3 aromatic rings. The number of para-hydroxylation sites is 1. The van der Waals surface area contributed by atoms with Gasteiger partial charge in [-0.1, -0.05) is 12.1 Å². The fourth-order valence-corrected chi connectivity index (χ4v) is 3.12. The Bertz CT molecular complexity index is 1010. The SMILES string of the molecule is Cc1cc(F)ccc1-n1nc(C)c(Br)c1Nc1c(C)cccc1C(=O)O. The maximum atomic E-state index is 13.5. The van der Waals surface area contributed by atoms with Crippen LogP contribution in [0.1, 0.15) is 27.2 Å². The van der Waals surface area contributed by atoms with E-state index in [1.165, 1.54) is 12.1 Å². The molecule has 5 nitrogen and oxygen atoms in total. The second-order valence-electron chi connectivity index (χ2n) is 6.02. The van der Waals surface area contributed by atoms with Gasteiger partial charge in [-0.2, -0.15) is 5.10 Å². The number of carboxylic acids is 1. The number of aromatic carboxylic acids is 1.